The SMILES string of the molecule is CC/C=C\C/C=C\C/C=C\C/C=C\C/C=C\C/C=C\CCCCCCCCCCCCCCCCC(=O)OCC(O)COP(=O)(O)OCC(O)COP(=O)(O)OCC(COC(=O)CCCCCCCCCCCCCCCCC/C=C\C/C=C\C/C=C\C/C=C\CCCCC)OC(=O)CCCCCCC/C=C\CCCC. The van der Waals surface area contributed by atoms with Crippen molar-refractivity contribution in [3.8, 4) is 0 Å². The Morgan fingerprint density at radius 1 is 0.261 bits per heavy atom. The maximum Gasteiger partial charge on any atom is 0.472 e. The Morgan fingerprint density at radius 3 is 0.793 bits per heavy atom. The summed E-state index contributed by atoms with van der Waals surface area (Å²) in [5, 5.41) is 20.7. The standard InChI is InChI=1S/C93H162O16P2/c1-4-7-10-13-16-19-22-24-26-28-30-32-34-36-38-40-42-43-45-47-48-50-52-54-56-58-60-62-65-67-70-73-76-79-91(96)103-82-88(94)83-105-110(99,100)106-84-89(95)85-107-111(101,102)108-87-90(109-93(98)81-78-75-72-69-64-21-18-15-12-9-6-3)86-104-92(97)80-77-74-71-68-66-63-61-59-57-55-53-51-49-46-44-41-39-37-35-33-31-29-27-25-23-20-17-14-11-8-5-2/h7,10,15-20,24-27,30-33,36-39,42-43,88-90,94-95H,4-6,8-9,11-14,21-23,28-29,34-35,40-41,44-87H2,1-3H3,(H,99,100)(H,101,102)/b10-7-,18-15-,19-16-,20-17-,26-24-,27-25-,32-30-,33-31-,38-36-,39-37-,43-42-. The van der Waals surface area contributed by atoms with E-state index < -0.39 is 91.5 Å². The number of allylic oxidation sites excluding steroid dienone is 22. The Balaban J connectivity index is 4.35. The number of esters is 3. The third kappa shape index (κ3) is 86.4. The number of phosphoric ester groups is 2. The van der Waals surface area contributed by atoms with Crippen LogP contribution in [0.25, 0.3) is 0 Å². The lowest BCUT2D eigenvalue weighted by atomic mass is 10.0. The summed E-state index contributed by atoms with van der Waals surface area (Å²) in [5.74, 6) is -1.57. The summed E-state index contributed by atoms with van der Waals surface area (Å²) in [7, 11) is -9.79. The molecule has 0 heterocycles. The molecule has 0 spiro atoms. The Hall–Kier alpha value is -4.31. The van der Waals surface area contributed by atoms with Gasteiger partial charge in [-0.3, -0.25) is 32.5 Å². The number of aliphatic hydroxyl groups is 2. The van der Waals surface area contributed by atoms with Gasteiger partial charge in [0.15, 0.2) is 6.10 Å². The van der Waals surface area contributed by atoms with E-state index in [4.69, 9.17) is 32.3 Å². The van der Waals surface area contributed by atoms with Gasteiger partial charge in [-0.15, -0.1) is 0 Å². The minimum atomic E-state index is -4.93. The molecule has 0 saturated heterocycles. The summed E-state index contributed by atoms with van der Waals surface area (Å²) in [4.78, 5) is 58.7. The number of aliphatic hydroxyl groups excluding tert-OH is 2. The Bertz CT molecular complexity index is 2550. The molecule has 4 N–H and O–H groups in total. The van der Waals surface area contributed by atoms with Crippen LogP contribution in [0.5, 0.6) is 0 Å². The molecule has 0 fully saturated rings. The molecule has 5 unspecified atom stereocenters. The Morgan fingerprint density at radius 2 is 0.486 bits per heavy atom. The van der Waals surface area contributed by atoms with Gasteiger partial charge in [0.25, 0.3) is 0 Å². The molecule has 0 aliphatic rings. The smallest absolute Gasteiger partial charge is 0.463 e. The van der Waals surface area contributed by atoms with Crippen LogP contribution < -0.4 is 0 Å². The van der Waals surface area contributed by atoms with Gasteiger partial charge in [0.1, 0.15) is 25.4 Å². The van der Waals surface area contributed by atoms with Gasteiger partial charge in [0, 0.05) is 19.3 Å². The van der Waals surface area contributed by atoms with E-state index in [0.29, 0.717) is 19.3 Å². The molecule has 5 atom stereocenters. The van der Waals surface area contributed by atoms with Crippen LogP contribution >= 0.6 is 15.6 Å². The van der Waals surface area contributed by atoms with Crippen LogP contribution in [0.4, 0.5) is 0 Å². The molecule has 0 aromatic heterocycles. The summed E-state index contributed by atoms with van der Waals surface area (Å²) in [6, 6.07) is 0. The zero-order valence-corrected chi connectivity index (χ0v) is 72.1. The maximum atomic E-state index is 12.9. The first kappa shape index (κ1) is 107. The van der Waals surface area contributed by atoms with Crippen LogP contribution in [0.1, 0.15) is 380 Å². The van der Waals surface area contributed by atoms with E-state index in [9.17, 15) is 43.5 Å². The van der Waals surface area contributed by atoms with E-state index in [1.54, 1.807) is 0 Å². The third-order valence-corrected chi connectivity index (χ3v) is 20.7. The fraction of sp³-hybridized carbons (Fsp3) is 0.731. The van der Waals surface area contributed by atoms with Crippen LogP contribution in [0, 0.1) is 0 Å². The van der Waals surface area contributed by atoms with Crippen molar-refractivity contribution in [2.75, 3.05) is 39.6 Å². The van der Waals surface area contributed by atoms with Crippen molar-refractivity contribution in [1.82, 2.24) is 0 Å². The lowest BCUT2D eigenvalue weighted by Crippen LogP contribution is -2.30. The summed E-state index contributed by atoms with van der Waals surface area (Å²) in [5.41, 5.74) is 0. The largest absolute Gasteiger partial charge is 0.472 e. The van der Waals surface area contributed by atoms with Gasteiger partial charge in [-0.05, 0) is 135 Å². The van der Waals surface area contributed by atoms with E-state index in [1.165, 1.54) is 180 Å². The molecule has 0 radical (unpaired) electrons. The number of hydrogen-bond acceptors (Lipinski definition) is 14. The van der Waals surface area contributed by atoms with Gasteiger partial charge in [-0.2, -0.15) is 0 Å². The zero-order chi connectivity index (χ0) is 80.8. The van der Waals surface area contributed by atoms with Crippen molar-refractivity contribution >= 4 is 33.6 Å². The normalized spacial score (nSPS) is 14.5. The van der Waals surface area contributed by atoms with Gasteiger partial charge in [-0.25, -0.2) is 9.13 Å². The second kappa shape index (κ2) is 85.1. The molecule has 640 valence electrons. The minimum Gasteiger partial charge on any atom is -0.463 e. The molecular formula is C93H162O16P2. The fourth-order valence-electron chi connectivity index (χ4n) is 12.1. The third-order valence-electron chi connectivity index (χ3n) is 18.8. The monoisotopic (exact) mass is 1600 g/mol. The average Bonchev–Trinajstić information content (AvgIpc) is 0.898. The summed E-state index contributed by atoms with van der Waals surface area (Å²) in [6.45, 7) is 2.53. The number of rotatable bonds is 84. The molecule has 0 amide bonds. The quantitative estimate of drug-likeness (QED) is 0.0146. The lowest BCUT2D eigenvalue weighted by molar-refractivity contribution is -0.161. The van der Waals surface area contributed by atoms with Crippen LogP contribution in [0.15, 0.2) is 134 Å². The molecule has 0 bridgehead atoms. The molecule has 0 saturated carbocycles. The van der Waals surface area contributed by atoms with Crippen LogP contribution in [0.2, 0.25) is 0 Å². The molecule has 0 aromatic carbocycles. The van der Waals surface area contributed by atoms with Gasteiger partial charge in [0.2, 0.25) is 0 Å². The van der Waals surface area contributed by atoms with Gasteiger partial charge in [0.05, 0.1) is 26.4 Å². The summed E-state index contributed by atoms with van der Waals surface area (Å²) in [6.07, 6.45) is 105. The highest BCUT2D eigenvalue weighted by Gasteiger charge is 2.29. The predicted molar refractivity (Wildman–Crippen MR) is 463 cm³/mol. The van der Waals surface area contributed by atoms with Crippen LogP contribution in [0.3, 0.4) is 0 Å². The van der Waals surface area contributed by atoms with Crippen molar-refractivity contribution in [2.24, 2.45) is 0 Å². The second-order valence-electron chi connectivity index (χ2n) is 29.7. The van der Waals surface area contributed by atoms with Crippen molar-refractivity contribution in [1.29, 1.82) is 0 Å². The van der Waals surface area contributed by atoms with E-state index in [-0.39, 0.29) is 19.3 Å². The average molecular weight is 1600 g/mol. The lowest BCUT2D eigenvalue weighted by Gasteiger charge is -2.21. The molecule has 0 aliphatic heterocycles. The molecule has 16 nitrogen and oxygen atoms in total. The fourth-order valence-corrected chi connectivity index (χ4v) is 13.7. The van der Waals surface area contributed by atoms with Gasteiger partial charge < -0.3 is 34.2 Å². The Kier molecular flexibility index (Phi) is 81.8. The first-order chi connectivity index (χ1) is 54.2. The van der Waals surface area contributed by atoms with E-state index in [1.807, 2.05) is 0 Å². The maximum absolute atomic E-state index is 12.9. The highest BCUT2D eigenvalue weighted by molar-refractivity contribution is 7.47. The van der Waals surface area contributed by atoms with Gasteiger partial charge in [-0.1, -0.05) is 360 Å². The first-order valence-electron chi connectivity index (χ1n) is 44.5. The number of ether oxygens (including phenoxy) is 3. The van der Waals surface area contributed by atoms with Crippen molar-refractivity contribution in [3.63, 3.8) is 0 Å². The van der Waals surface area contributed by atoms with E-state index in [0.717, 1.165) is 141 Å². The summed E-state index contributed by atoms with van der Waals surface area (Å²) >= 11 is 0. The van der Waals surface area contributed by atoms with E-state index in [2.05, 4.69) is 154 Å². The highest BCUT2D eigenvalue weighted by atomic mass is 31.2. The number of carbonyl (C=O) groups is 3. The Labute approximate surface area is 677 Å². The molecule has 0 aliphatic carbocycles. The number of unbranched alkanes of at least 4 members (excludes halogenated alkanes) is 39. The summed E-state index contributed by atoms with van der Waals surface area (Å²) < 4.78 is 61.2. The van der Waals surface area contributed by atoms with Crippen molar-refractivity contribution in [2.45, 2.75) is 399 Å². The predicted octanol–water partition coefficient (Wildman–Crippen LogP) is 27.0. The molecule has 0 rings (SSSR count). The van der Waals surface area contributed by atoms with Gasteiger partial charge >= 0.3 is 33.6 Å². The van der Waals surface area contributed by atoms with Crippen LogP contribution in [-0.2, 0) is 55.8 Å². The zero-order valence-electron chi connectivity index (χ0n) is 70.4. The van der Waals surface area contributed by atoms with Crippen molar-refractivity contribution < 1.29 is 75.8 Å². The molecule has 18 heteroatoms. The van der Waals surface area contributed by atoms with Crippen molar-refractivity contribution in [3.05, 3.63) is 134 Å². The number of hydrogen-bond donors (Lipinski definition) is 4. The second-order valence-corrected chi connectivity index (χ2v) is 32.6. The minimum absolute atomic E-state index is 0.0945. The number of phosphoric acid groups is 2. The molecular weight excluding hydrogens is 1430 g/mol. The number of carbonyl (C=O) groups excluding carboxylic acids is 3. The topological polar surface area (TPSA) is 231 Å². The van der Waals surface area contributed by atoms with E-state index >= 15 is 0 Å². The first-order valence-corrected chi connectivity index (χ1v) is 47.5. The van der Waals surface area contributed by atoms with Crippen LogP contribution in [-0.4, -0.2) is 95.9 Å². The highest BCUT2D eigenvalue weighted by Crippen LogP contribution is 2.45. The molecule has 111 heavy (non-hydrogen) atoms. The molecule has 0 aromatic rings.